The number of allylic oxidation sites excluding steroid dienone is 1. The van der Waals surface area contributed by atoms with Crippen molar-refractivity contribution < 1.29 is 28.3 Å². The fourth-order valence-corrected chi connectivity index (χ4v) is 5.37. The number of nitrogens with zero attached hydrogens (tertiary/aromatic N) is 1. The van der Waals surface area contributed by atoms with Gasteiger partial charge in [-0.2, -0.15) is 5.26 Å². The number of rotatable bonds is 9. The van der Waals surface area contributed by atoms with Gasteiger partial charge < -0.3 is 13.9 Å². The molecule has 0 atom stereocenters. The molecular formula is C26H21Br2NO6S. The minimum absolute atomic E-state index is 0.133. The summed E-state index contributed by atoms with van der Waals surface area (Å²) in [6.07, 6.45) is 1.09. The van der Waals surface area contributed by atoms with Gasteiger partial charge in [0.15, 0.2) is 5.78 Å². The van der Waals surface area contributed by atoms with Crippen molar-refractivity contribution in [2.45, 2.75) is 27.2 Å². The maximum Gasteiger partial charge on any atom is 0.348 e. The molecule has 2 heterocycles. The number of benzene rings is 1. The molecule has 186 valence electrons. The smallest absolute Gasteiger partial charge is 0.348 e. The Morgan fingerprint density at radius 3 is 2.44 bits per heavy atom. The number of hydrogen-bond donors (Lipinski definition) is 0. The van der Waals surface area contributed by atoms with Crippen molar-refractivity contribution in [1.82, 2.24) is 0 Å². The van der Waals surface area contributed by atoms with Crippen LogP contribution < -0.4 is 0 Å². The number of carbonyl (C=O) groups is 3. The number of thiophene rings is 1. The summed E-state index contributed by atoms with van der Waals surface area (Å²) in [7, 11) is 0. The fourth-order valence-electron chi connectivity index (χ4n) is 3.38. The van der Waals surface area contributed by atoms with Crippen LogP contribution in [0.15, 0.2) is 49.3 Å². The predicted molar refractivity (Wildman–Crippen MR) is 143 cm³/mol. The van der Waals surface area contributed by atoms with Gasteiger partial charge in [-0.1, -0.05) is 31.9 Å². The third-order valence-corrected chi connectivity index (χ3v) is 7.47. The molecule has 0 aliphatic heterocycles. The number of ether oxygens (including phenoxy) is 2. The first-order chi connectivity index (χ1) is 17.2. The molecule has 7 nitrogen and oxygen atoms in total. The van der Waals surface area contributed by atoms with Gasteiger partial charge in [-0.15, -0.1) is 11.3 Å². The average molecular weight is 635 g/mol. The van der Waals surface area contributed by atoms with Crippen molar-refractivity contribution in [3.05, 3.63) is 71.5 Å². The highest BCUT2D eigenvalue weighted by Gasteiger charge is 2.28. The molecule has 3 aromatic rings. The Morgan fingerprint density at radius 2 is 1.78 bits per heavy atom. The van der Waals surface area contributed by atoms with Crippen LogP contribution in [0.4, 0.5) is 0 Å². The maximum atomic E-state index is 13.1. The van der Waals surface area contributed by atoms with Gasteiger partial charge in [0, 0.05) is 31.9 Å². The number of esters is 2. The second-order valence-electron chi connectivity index (χ2n) is 7.39. The second-order valence-corrected chi connectivity index (χ2v) is 10.3. The van der Waals surface area contributed by atoms with E-state index in [2.05, 4.69) is 31.9 Å². The van der Waals surface area contributed by atoms with Crippen molar-refractivity contribution in [3.8, 4) is 17.4 Å². The first-order valence-corrected chi connectivity index (χ1v) is 13.3. The molecule has 0 amide bonds. The van der Waals surface area contributed by atoms with E-state index >= 15 is 0 Å². The van der Waals surface area contributed by atoms with Crippen LogP contribution in [-0.2, 0) is 20.7 Å². The fraction of sp³-hybridized carbons (Fsp3) is 0.231. The Balaban J connectivity index is 1.92. The minimum Gasteiger partial charge on any atom is -0.462 e. The molecule has 0 radical (unpaired) electrons. The molecule has 3 rings (SSSR count). The number of furan rings is 1. The average Bonchev–Trinajstić information content (AvgIpc) is 3.43. The van der Waals surface area contributed by atoms with Crippen LogP contribution >= 0.6 is 43.2 Å². The van der Waals surface area contributed by atoms with Crippen molar-refractivity contribution >= 4 is 67.0 Å². The molecule has 0 saturated carbocycles. The quantitative estimate of drug-likeness (QED) is 0.143. The van der Waals surface area contributed by atoms with E-state index in [1.165, 1.54) is 6.08 Å². The van der Waals surface area contributed by atoms with Crippen molar-refractivity contribution in [2.24, 2.45) is 0 Å². The van der Waals surface area contributed by atoms with E-state index in [0.717, 1.165) is 25.8 Å². The van der Waals surface area contributed by atoms with Crippen molar-refractivity contribution in [1.29, 1.82) is 5.26 Å². The predicted octanol–water partition coefficient (Wildman–Crippen LogP) is 6.91. The van der Waals surface area contributed by atoms with E-state index < -0.39 is 17.7 Å². The zero-order valence-corrected chi connectivity index (χ0v) is 23.6. The Bertz CT molecular complexity index is 1400. The van der Waals surface area contributed by atoms with Crippen molar-refractivity contribution in [2.75, 3.05) is 13.2 Å². The summed E-state index contributed by atoms with van der Waals surface area (Å²) in [6, 6.07) is 10.9. The minimum atomic E-state index is -0.637. The lowest BCUT2D eigenvalue weighted by Gasteiger charge is -2.05. The summed E-state index contributed by atoms with van der Waals surface area (Å²) >= 11 is 7.90. The number of halogens is 2. The third-order valence-electron chi connectivity index (χ3n) is 5.01. The SMILES string of the molecule is CCOC(=O)c1sc(CC(=O)/C(C#N)=C\c2ccc(-c3cc(Br)ccc3Br)o2)c(C(=O)OCC)c1C. The standard InChI is InChI=1S/C26H21Br2NO6S/c1-4-33-25(31)23-14(3)24(26(32)34-5-2)36-22(23)12-20(30)15(13-29)10-17-7-9-21(35-17)18-11-16(27)6-8-19(18)28/h6-11H,4-5,12H2,1-3H3/b15-10-. The summed E-state index contributed by atoms with van der Waals surface area (Å²) < 4.78 is 17.7. The summed E-state index contributed by atoms with van der Waals surface area (Å²) in [5.41, 5.74) is 1.18. The molecule has 0 fully saturated rings. The Morgan fingerprint density at radius 1 is 1.08 bits per heavy atom. The lowest BCUT2D eigenvalue weighted by Crippen LogP contribution is -2.12. The molecule has 10 heteroatoms. The monoisotopic (exact) mass is 633 g/mol. The third kappa shape index (κ3) is 6.22. The largest absolute Gasteiger partial charge is 0.462 e. The molecule has 0 N–H and O–H groups in total. The molecule has 1 aromatic carbocycles. The highest BCUT2D eigenvalue weighted by atomic mass is 79.9. The van der Waals surface area contributed by atoms with Crippen LogP contribution in [0.2, 0.25) is 0 Å². The highest BCUT2D eigenvalue weighted by molar-refractivity contribution is 9.11. The first kappa shape index (κ1) is 27.6. The molecule has 0 saturated heterocycles. The highest BCUT2D eigenvalue weighted by Crippen LogP contribution is 2.33. The van der Waals surface area contributed by atoms with Gasteiger partial charge in [-0.05, 0) is 56.7 Å². The summed E-state index contributed by atoms with van der Waals surface area (Å²) in [5.74, 6) is -0.871. The first-order valence-electron chi connectivity index (χ1n) is 10.9. The van der Waals surface area contributed by atoms with E-state index in [0.29, 0.717) is 22.0 Å². The molecule has 0 aliphatic carbocycles. The lowest BCUT2D eigenvalue weighted by atomic mass is 10.0. The molecular weight excluding hydrogens is 614 g/mol. The van der Waals surface area contributed by atoms with Crippen LogP contribution in [0, 0.1) is 18.3 Å². The van der Waals surface area contributed by atoms with Gasteiger partial charge in [0.25, 0.3) is 0 Å². The van der Waals surface area contributed by atoms with Crippen LogP contribution in [0.25, 0.3) is 17.4 Å². The van der Waals surface area contributed by atoms with Gasteiger partial charge >= 0.3 is 11.9 Å². The number of nitriles is 1. The van der Waals surface area contributed by atoms with Gasteiger partial charge in [0.1, 0.15) is 22.5 Å². The molecule has 36 heavy (non-hydrogen) atoms. The Kier molecular flexibility index (Phi) is 9.43. The van der Waals surface area contributed by atoms with Crippen LogP contribution in [-0.4, -0.2) is 30.9 Å². The zero-order chi connectivity index (χ0) is 26.4. The second kappa shape index (κ2) is 12.3. The van der Waals surface area contributed by atoms with E-state index in [1.807, 2.05) is 24.3 Å². The molecule has 0 unspecified atom stereocenters. The molecule has 0 bridgehead atoms. The number of carbonyl (C=O) groups excluding carboxylic acids is 3. The lowest BCUT2D eigenvalue weighted by molar-refractivity contribution is -0.114. The van der Waals surface area contributed by atoms with E-state index in [-0.39, 0.29) is 35.6 Å². The van der Waals surface area contributed by atoms with Gasteiger partial charge in [0.05, 0.1) is 24.4 Å². The summed E-state index contributed by atoms with van der Waals surface area (Å²) in [6.45, 7) is 5.25. The van der Waals surface area contributed by atoms with Crippen LogP contribution in [0.1, 0.15) is 50.1 Å². The number of Topliss-reactive ketones (excluding diaryl/α,β-unsaturated/α-hetero) is 1. The van der Waals surface area contributed by atoms with Gasteiger partial charge in [0.2, 0.25) is 0 Å². The number of hydrogen-bond acceptors (Lipinski definition) is 8. The van der Waals surface area contributed by atoms with Crippen LogP contribution in [0.5, 0.6) is 0 Å². The maximum absolute atomic E-state index is 13.1. The topological polar surface area (TPSA) is 107 Å². The number of ketones is 1. The molecule has 0 aliphatic rings. The normalized spacial score (nSPS) is 11.2. The van der Waals surface area contributed by atoms with Crippen LogP contribution in [0.3, 0.4) is 0 Å². The Hall–Kier alpha value is -3.00. The van der Waals surface area contributed by atoms with Gasteiger partial charge in [-0.25, -0.2) is 9.59 Å². The van der Waals surface area contributed by atoms with E-state index in [9.17, 15) is 19.6 Å². The molecule has 0 spiro atoms. The van der Waals surface area contributed by atoms with Crippen molar-refractivity contribution in [3.63, 3.8) is 0 Å². The van der Waals surface area contributed by atoms with Gasteiger partial charge in [-0.3, -0.25) is 4.79 Å². The summed E-state index contributed by atoms with van der Waals surface area (Å²) in [4.78, 5) is 38.6. The van der Waals surface area contributed by atoms with E-state index in [4.69, 9.17) is 13.9 Å². The summed E-state index contributed by atoms with van der Waals surface area (Å²) in [5, 5.41) is 9.66. The molecule has 2 aromatic heterocycles. The zero-order valence-electron chi connectivity index (χ0n) is 19.6. The Labute approximate surface area is 229 Å². The van der Waals surface area contributed by atoms with E-state index in [1.54, 1.807) is 32.9 Å².